The van der Waals surface area contributed by atoms with Crippen molar-refractivity contribution in [2.75, 3.05) is 5.32 Å². The third-order valence-corrected chi connectivity index (χ3v) is 6.41. The van der Waals surface area contributed by atoms with E-state index in [1.54, 1.807) is 18.2 Å². The number of aromatic hydroxyl groups is 1. The molecule has 0 bridgehead atoms. The van der Waals surface area contributed by atoms with Gasteiger partial charge < -0.3 is 15.2 Å². The molecule has 0 radical (unpaired) electrons. The molecule has 1 amide bonds. The molecule has 0 saturated heterocycles. The number of ketones is 2. The number of fused-ring (bicyclic) bond motifs is 1. The summed E-state index contributed by atoms with van der Waals surface area (Å²) in [6.07, 6.45) is -0.678. The van der Waals surface area contributed by atoms with Gasteiger partial charge in [-0.25, -0.2) is 4.79 Å². The Morgan fingerprint density at radius 3 is 2.36 bits per heavy atom. The minimum atomic E-state index is -1.68. The van der Waals surface area contributed by atoms with Gasteiger partial charge in [0.25, 0.3) is 5.91 Å². The smallest absolute Gasteiger partial charge is 0.339 e. The van der Waals surface area contributed by atoms with E-state index >= 15 is 0 Å². The van der Waals surface area contributed by atoms with Crippen molar-refractivity contribution >= 4 is 29.1 Å². The van der Waals surface area contributed by atoms with Gasteiger partial charge in [-0.05, 0) is 41.7 Å². The molecular formula is C29H27NO6. The van der Waals surface area contributed by atoms with Crippen LogP contribution in [-0.4, -0.2) is 28.5 Å². The molecule has 1 heterocycles. The van der Waals surface area contributed by atoms with Crippen molar-refractivity contribution in [3.05, 3.63) is 94.5 Å². The number of Topliss-reactive ketones (excluding diaryl/α,β-unsaturated/α-hetero) is 2. The van der Waals surface area contributed by atoms with Crippen LogP contribution < -0.4 is 5.32 Å². The Kier molecular flexibility index (Phi) is 7.01. The highest BCUT2D eigenvalue weighted by Crippen LogP contribution is 2.39. The second kappa shape index (κ2) is 10.2. The lowest BCUT2D eigenvalue weighted by molar-refractivity contribution is -0.138. The van der Waals surface area contributed by atoms with E-state index in [9.17, 15) is 24.3 Å². The van der Waals surface area contributed by atoms with Crippen LogP contribution in [0.5, 0.6) is 5.75 Å². The highest BCUT2D eigenvalue weighted by Gasteiger charge is 2.46. The van der Waals surface area contributed by atoms with Crippen LogP contribution >= 0.6 is 0 Å². The van der Waals surface area contributed by atoms with E-state index in [1.807, 2.05) is 39.0 Å². The summed E-state index contributed by atoms with van der Waals surface area (Å²) in [5.41, 5.74) is 2.67. The van der Waals surface area contributed by atoms with Gasteiger partial charge in [0.1, 0.15) is 17.8 Å². The fourth-order valence-corrected chi connectivity index (χ4v) is 4.53. The Hall–Kier alpha value is -4.26. The minimum Gasteiger partial charge on any atom is -0.507 e. The molecule has 7 heteroatoms. The molecule has 0 saturated carbocycles. The quantitative estimate of drug-likeness (QED) is 0.201. The molecule has 0 fully saturated rings. The number of carbonyl (C=O) groups is 4. The second-order valence-electron chi connectivity index (χ2n) is 8.98. The maximum absolute atomic E-state index is 13.7. The number of nitrogens with one attached hydrogen (secondary N) is 1. The lowest BCUT2D eigenvalue weighted by Gasteiger charge is -2.22. The third-order valence-electron chi connectivity index (χ3n) is 6.41. The van der Waals surface area contributed by atoms with Crippen molar-refractivity contribution in [2.24, 2.45) is 5.92 Å². The molecular weight excluding hydrogens is 458 g/mol. The minimum absolute atomic E-state index is 0.0725. The normalized spacial score (nSPS) is 15.2. The van der Waals surface area contributed by atoms with Gasteiger partial charge in [0, 0.05) is 11.3 Å². The van der Waals surface area contributed by atoms with Crippen LogP contribution in [0.15, 0.2) is 66.7 Å². The number of phenolic OH excluding ortho intramolecular Hbond substituents is 1. The molecule has 2 N–H and O–H groups in total. The number of ether oxygens (including phenoxy) is 1. The van der Waals surface area contributed by atoms with E-state index in [0.29, 0.717) is 17.7 Å². The summed E-state index contributed by atoms with van der Waals surface area (Å²) in [6, 6.07) is 17.8. The van der Waals surface area contributed by atoms with Crippen molar-refractivity contribution in [1.29, 1.82) is 0 Å². The van der Waals surface area contributed by atoms with Gasteiger partial charge in [-0.15, -0.1) is 0 Å². The summed E-state index contributed by atoms with van der Waals surface area (Å²) in [5, 5.41) is 13.0. The summed E-state index contributed by atoms with van der Waals surface area (Å²) in [5.74, 6) is -5.49. The number of amides is 1. The first kappa shape index (κ1) is 24.9. The molecule has 3 aromatic rings. The number of phenols is 1. The van der Waals surface area contributed by atoms with Crippen molar-refractivity contribution in [3.63, 3.8) is 0 Å². The number of esters is 1. The van der Waals surface area contributed by atoms with Crippen LogP contribution in [0.25, 0.3) is 0 Å². The molecule has 2 unspecified atom stereocenters. The van der Waals surface area contributed by atoms with Crippen LogP contribution in [0.2, 0.25) is 0 Å². The number of para-hydroxylation sites is 2. The lowest BCUT2D eigenvalue weighted by atomic mass is 9.84. The molecule has 0 spiro atoms. The molecule has 1 aliphatic rings. The van der Waals surface area contributed by atoms with E-state index in [2.05, 4.69) is 5.32 Å². The van der Waals surface area contributed by atoms with Crippen molar-refractivity contribution in [3.8, 4) is 5.75 Å². The van der Waals surface area contributed by atoms with Crippen LogP contribution in [0.1, 0.15) is 70.2 Å². The summed E-state index contributed by atoms with van der Waals surface area (Å²) < 4.78 is 5.46. The Labute approximate surface area is 209 Å². The fourth-order valence-electron chi connectivity index (χ4n) is 4.53. The monoisotopic (exact) mass is 485 g/mol. The zero-order chi connectivity index (χ0) is 26.0. The second-order valence-corrected chi connectivity index (χ2v) is 8.98. The topological polar surface area (TPSA) is 110 Å². The van der Waals surface area contributed by atoms with Crippen LogP contribution in [0.3, 0.4) is 0 Å². The number of aryl methyl sites for hydroxylation is 1. The first-order valence-corrected chi connectivity index (χ1v) is 11.8. The fraction of sp³-hybridized carbons (Fsp3) is 0.241. The van der Waals surface area contributed by atoms with Gasteiger partial charge in [0.05, 0.1) is 11.1 Å². The predicted octanol–water partition coefficient (Wildman–Crippen LogP) is 5.00. The molecule has 2 atom stereocenters. The maximum Gasteiger partial charge on any atom is 0.339 e. The van der Waals surface area contributed by atoms with Gasteiger partial charge in [0.15, 0.2) is 5.78 Å². The zero-order valence-electron chi connectivity index (χ0n) is 20.3. The zero-order valence-corrected chi connectivity index (χ0v) is 20.3. The number of hydrogen-bond acceptors (Lipinski definition) is 6. The summed E-state index contributed by atoms with van der Waals surface area (Å²) >= 11 is 0. The van der Waals surface area contributed by atoms with Crippen LogP contribution in [0, 0.1) is 5.92 Å². The Bertz CT molecular complexity index is 1360. The molecule has 36 heavy (non-hydrogen) atoms. The SMILES string of the molecule is CCc1cccc(C(C)C)c1NC(=O)C(=O)C(C(=O)c1ccccc1O)C1OC(=O)c2ccccc21. The first-order valence-electron chi connectivity index (χ1n) is 11.8. The first-order chi connectivity index (χ1) is 17.2. The van der Waals surface area contributed by atoms with Crippen molar-refractivity contribution in [1.82, 2.24) is 0 Å². The lowest BCUT2D eigenvalue weighted by Crippen LogP contribution is -2.38. The largest absolute Gasteiger partial charge is 0.507 e. The van der Waals surface area contributed by atoms with Gasteiger partial charge in [-0.1, -0.05) is 69.3 Å². The molecule has 0 aromatic heterocycles. The third kappa shape index (κ3) is 4.52. The van der Waals surface area contributed by atoms with Crippen molar-refractivity contribution in [2.45, 2.75) is 39.2 Å². The number of benzene rings is 3. The van der Waals surface area contributed by atoms with Gasteiger partial charge in [0.2, 0.25) is 5.78 Å². The Balaban J connectivity index is 1.76. The summed E-state index contributed by atoms with van der Waals surface area (Å²) in [4.78, 5) is 53.1. The molecule has 3 aromatic carbocycles. The number of hydrogen-bond donors (Lipinski definition) is 2. The number of anilines is 1. The standard InChI is InChI=1S/C29H27NO6/c1-4-17-10-9-14-18(16(2)3)24(17)30-28(34)26(33)23(25(32)21-13-7-8-15-22(21)31)27-19-11-5-6-12-20(19)29(35)36-27/h5-16,23,27,31H,4H2,1-3H3,(H,30,34). The number of rotatable bonds is 8. The van der Waals surface area contributed by atoms with E-state index < -0.39 is 35.5 Å². The Morgan fingerprint density at radius 2 is 1.67 bits per heavy atom. The van der Waals surface area contributed by atoms with Gasteiger partial charge in [-0.2, -0.15) is 0 Å². The van der Waals surface area contributed by atoms with Crippen LogP contribution in [0.4, 0.5) is 5.69 Å². The van der Waals surface area contributed by atoms with Crippen LogP contribution in [-0.2, 0) is 20.7 Å². The maximum atomic E-state index is 13.7. The summed E-state index contributed by atoms with van der Waals surface area (Å²) in [6.45, 7) is 5.90. The van der Waals surface area contributed by atoms with E-state index in [-0.39, 0.29) is 22.8 Å². The average Bonchev–Trinajstić information content (AvgIpc) is 3.20. The average molecular weight is 486 g/mol. The van der Waals surface area contributed by atoms with Gasteiger partial charge in [-0.3, -0.25) is 14.4 Å². The molecule has 4 rings (SSSR count). The summed E-state index contributed by atoms with van der Waals surface area (Å²) in [7, 11) is 0. The molecule has 1 aliphatic heterocycles. The number of carbonyl (C=O) groups excluding carboxylic acids is 4. The number of cyclic esters (lactones) is 1. The Morgan fingerprint density at radius 1 is 0.972 bits per heavy atom. The highest BCUT2D eigenvalue weighted by molar-refractivity contribution is 6.45. The molecule has 7 nitrogen and oxygen atoms in total. The van der Waals surface area contributed by atoms with E-state index in [0.717, 1.165) is 11.1 Å². The predicted molar refractivity (Wildman–Crippen MR) is 134 cm³/mol. The molecule has 0 aliphatic carbocycles. The molecule has 184 valence electrons. The highest BCUT2D eigenvalue weighted by atomic mass is 16.5. The van der Waals surface area contributed by atoms with E-state index in [1.165, 1.54) is 30.3 Å². The van der Waals surface area contributed by atoms with Gasteiger partial charge >= 0.3 is 5.97 Å². The van der Waals surface area contributed by atoms with Crippen molar-refractivity contribution < 1.29 is 29.0 Å². The van der Waals surface area contributed by atoms with E-state index in [4.69, 9.17) is 4.74 Å².